The molecule has 5 heteroatoms. The summed E-state index contributed by atoms with van der Waals surface area (Å²) in [5.41, 5.74) is 0. The third-order valence-electron chi connectivity index (χ3n) is 5.03. The van der Waals surface area contributed by atoms with E-state index in [0.717, 1.165) is 12.8 Å². The SMILES string of the molecule is C[C@@H]1CCC[C@H](O[C@H](C)C(=O)N2CC[S@@](=O)[C@@H](C)[C@H]2C)C1. The average Bonchev–Trinajstić information content (AvgIpc) is 2.44. The van der Waals surface area contributed by atoms with Gasteiger partial charge in [-0.25, -0.2) is 0 Å². The number of carbonyl (C=O) groups is 1. The van der Waals surface area contributed by atoms with E-state index in [2.05, 4.69) is 6.92 Å². The largest absolute Gasteiger partial charge is 0.365 e. The second-order valence-electron chi connectivity index (χ2n) is 6.73. The molecule has 0 unspecified atom stereocenters. The van der Waals surface area contributed by atoms with Crippen LogP contribution in [0.5, 0.6) is 0 Å². The molecule has 21 heavy (non-hydrogen) atoms. The van der Waals surface area contributed by atoms with Crippen LogP contribution in [0.25, 0.3) is 0 Å². The summed E-state index contributed by atoms with van der Waals surface area (Å²) in [6.45, 7) is 8.67. The van der Waals surface area contributed by atoms with Gasteiger partial charge in [0, 0.05) is 29.1 Å². The summed E-state index contributed by atoms with van der Waals surface area (Å²) in [5.74, 6) is 1.34. The highest BCUT2D eigenvalue weighted by Crippen LogP contribution is 2.27. The smallest absolute Gasteiger partial charge is 0.251 e. The Hall–Kier alpha value is -0.420. The van der Waals surface area contributed by atoms with Gasteiger partial charge in [0.1, 0.15) is 6.10 Å². The molecule has 0 radical (unpaired) electrons. The topological polar surface area (TPSA) is 46.6 Å². The molecule has 0 N–H and O–H groups in total. The molecule has 0 bridgehead atoms. The molecule has 122 valence electrons. The first-order chi connectivity index (χ1) is 9.90. The molecule has 1 aliphatic heterocycles. The molecule has 2 aliphatic rings. The Morgan fingerprint density at radius 2 is 2.00 bits per heavy atom. The Bertz CT molecular complexity index is 401. The highest BCUT2D eigenvalue weighted by atomic mass is 32.2. The predicted octanol–water partition coefficient (Wildman–Crippen LogP) is 2.34. The number of hydrogen-bond donors (Lipinski definition) is 0. The molecule has 0 aromatic carbocycles. The van der Waals surface area contributed by atoms with Crippen molar-refractivity contribution >= 4 is 16.7 Å². The lowest BCUT2D eigenvalue weighted by atomic mass is 9.88. The first-order valence-electron chi connectivity index (χ1n) is 8.23. The fourth-order valence-corrected chi connectivity index (χ4v) is 4.78. The maximum atomic E-state index is 12.6. The first kappa shape index (κ1) is 16.9. The fourth-order valence-electron chi connectivity index (χ4n) is 3.44. The second kappa shape index (κ2) is 7.23. The van der Waals surface area contributed by atoms with E-state index in [4.69, 9.17) is 4.74 Å². The molecule has 2 fully saturated rings. The Balaban J connectivity index is 1.91. The standard InChI is InChI=1S/C16H29NO3S/c1-11-6-5-7-15(10-11)20-13(3)16(18)17-8-9-21(19)14(4)12(17)2/h11-15H,5-10H2,1-4H3/t11-,12-,13-,14+,15+,21-/m1/s1. The van der Waals surface area contributed by atoms with Crippen LogP contribution in [0.4, 0.5) is 0 Å². The summed E-state index contributed by atoms with van der Waals surface area (Å²) in [6, 6.07) is 0.0309. The minimum atomic E-state index is -0.811. The van der Waals surface area contributed by atoms with Crippen molar-refractivity contribution in [1.82, 2.24) is 4.90 Å². The number of amides is 1. The second-order valence-corrected chi connectivity index (χ2v) is 8.65. The number of hydrogen-bond acceptors (Lipinski definition) is 3. The maximum Gasteiger partial charge on any atom is 0.251 e. The molecule has 1 aliphatic carbocycles. The predicted molar refractivity (Wildman–Crippen MR) is 85.6 cm³/mol. The fraction of sp³-hybridized carbons (Fsp3) is 0.938. The molecular formula is C16H29NO3S. The van der Waals surface area contributed by atoms with Crippen LogP contribution in [0, 0.1) is 5.92 Å². The zero-order valence-electron chi connectivity index (χ0n) is 13.7. The van der Waals surface area contributed by atoms with Crippen LogP contribution >= 0.6 is 0 Å². The number of ether oxygens (including phenoxy) is 1. The lowest BCUT2D eigenvalue weighted by Crippen LogP contribution is -2.55. The van der Waals surface area contributed by atoms with Gasteiger partial charge in [-0.3, -0.25) is 9.00 Å². The zero-order valence-corrected chi connectivity index (χ0v) is 14.5. The summed E-state index contributed by atoms with van der Waals surface area (Å²) in [7, 11) is -0.811. The third-order valence-corrected chi connectivity index (χ3v) is 6.84. The summed E-state index contributed by atoms with van der Waals surface area (Å²) in [6.07, 6.45) is 4.43. The highest BCUT2D eigenvalue weighted by molar-refractivity contribution is 7.85. The minimum Gasteiger partial charge on any atom is -0.365 e. The number of nitrogens with zero attached hydrogens (tertiary/aromatic N) is 1. The van der Waals surface area contributed by atoms with E-state index in [0.29, 0.717) is 18.2 Å². The maximum absolute atomic E-state index is 12.6. The number of carbonyl (C=O) groups excluding carboxylic acids is 1. The van der Waals surface area contributed by atoms with Gasteiger partial charge in [0.15, 0.2) is 0 Å². The lowest BCUT2D eigenvalue weighted by molar-refractivity contribution is -0.150. The van der Waals surface area contributed by atoms with Gasteiger partial charge in [-0.2, -0.15) is 0 Å². The molecule has 1 amide bonds. The molecule has 1 heterocycles. The van der Waals surface area contributed by atoms with Crippen LogP contribution in [-0.2, 0) is 20.3 Å². The Morgan fingerprint density at radius 3 is 2.67 bits per heavy atom. The molecule has 6 atom stereocenters. The summed E-state index contributed by atoms with van der Waals surface area (Å²) >= 11 is 0. The van der Waals surface area contributed by atoms with Crippen molar-refractivity contribution in [2.75, 3.05) is 12.3 Å². The average molecular weight is 315 g/mol. The molecule has 4 nitrogen and oxygen atoms in total. The van der Waals surface area contributed by atoms with Gasteiger partial charge in [0.2, 0.25) is 0 Å². The van der Waals surface area contributed by atoms with E-state index in [1.807, 2.05) is 25.7 Å². The van der Waals surface area contributed by atoms with Gasteiger partial charge in [0.05, 0.1) is 11.4 Å². The van der Waals surface area contributed by atoms with E-state index in [-0.39, 0.29) is 29.4 Å². The Morgan fingerprint density at radius 1 is 1.29 bits per heavy atom. The van der Waals surface area contributed by atoms with Crippen LogP contribution in [-0.4, -0.2) is 50.8 Å². The van der Waals surface area contributed by atoms with Gasteiger partial charge in [-0.05, 0) is 39.5 Å². The van der Waals surface area contributed by atoms with Gasteiger partial charge >= 0.3 is 0 Å². The van der Waals surface area contributed by atoms with Crippen LogP contribution < -0.4 is 0 Å². The zero-order chi connectivity index (χ0) is 15.6. The van der Waals surface area contributed by atoms with Crippen LogP contribution in [0.15, 0.2) is 0 Å². The van der Waals surface area contributed by atoms with Crippen molar-refractivity contribution in [2.24, 2.45) is 5.92 Å². The normalized spacial score (nSPS) is 39.0. The summed E-state index contributed by atoms with van der Waals surface area (Å²) < 4.78 is 17.9. The van der Waals surface area contributed by atoms with E-state index in [9.17, 15) is 9.00 Å². The van der Waals surface area contributed by atoms with Crippen molar-refractivity contribution in [1.29, 1.82) is 0 Å². The van der Waals surface area contributed by atoms with Crippen molar-refractivity contribution in [3.05, 3.63) is 0 Å². The summed E-state index contributed by atoms with van der Waals surface area (Å²) in [5, 5.41) is 0.0459. The molecule has 0 spiro atoms. The van der Waals surface area contributed by atoms with Crippen molar-refractivity contribution in [3.8, 4) is 0 Å². The van der Waals surface area contributed by atoms with Gasteiger partial charge in [0.25, 0.3) is 5.91 Å². The molecule has 2 rings (SSSR count). The van der Waals surface area contributed by atoms with Crippen molar-refractivity contribution in [3.63, 3.8) is 0 Å². The minimum absolute atomic E-state index is 0.0309. The number of rotatable bonds is 3. The molecule has 1 saturated heterocycles. The van der Waals surface area contributed by atoms with E-state index >= 15 is 0 Å². The Kier molecular flexibility index (Phi) is 5.83. The highest BCUT2D eigenvalue weighted by Gasteiger charge is 2.35. The van der Waals surface area contributed by atoms with Crippen LogP contribution in [0.2, 0.25) is 0 Å². The lowest BCUT2D eigenvalue weighted by Gasteiger charge is -2.39. The quantitative estimate of drug-likeness (QED) is 0.803. The van der Waals surface area contributed by atoms with E-state index < -0.39 is 10.8 Å². The van der Waals surface area contributed by atoms with Crippen molar-refractivity contribution in [2.45, 2.75) is 76.9 Å². The van der Waals surface area contributed by atoms with E-state index in [1.54, 1.807) is 0 Å². The molecular weight excluding hydrogens is 286 g/mol. The third kappa shape index (κ3) is 4.07. The van der Waals surface area contributed by atoms with Gasteiger partial charge in [-0.15, -0.1) is 0 Å². The van der Waals surface area contributed by atoms with Gasteiger partial charge < -0.3 is 9.64 Å². The first-order valence-corrected chi connectivity index (χ1v) is 9.61. The van der Waals surface area contributed by atoms with Crippen molar-refractivity contribution < 1.29 is 13.7 Å². The molecule has 1 saturated carbocycles. The molecule has 0 aromatic rings. The van der Waals surface area contributed by atoms with Crippen LogP contribution in [0.1, 0.15) is 53.4 Å². The molecule has 0 aromatic heterocycles. The van der Waals surface area contributed by atoms with Gasteiger partial charge in [-0.1, -0.05) is 19.8 Å². The van der Waals surface area contributed by atoms with E-state index in [1.165, 1.54) is 12.8 Å². The monoisotopic (exact) mass is 315 g/mol. The Labute approximate surface area is 131 Å². The van der Waals surface area contributed by atoms with Crippen LogP contribution in [0.3, 0.4) is 0 Å². The summed E-state index contributed by atoms with van der Waals surface area (Å²) in [4.78, 5) is 14.5.